The number of benzene rings is 3. The number of carbonyl (C=O) groups is 3. The molecule has 3 aromatic carbocycles. The van der Waals surface area contributed by atoms with E-state index in [2.05, 4.69) is 15.4 Å². The quantitative estimate of drug-likeness (QED) is 0.354. The van der Waals surface area contributed by atoms with Gasteiger partial charge in [-0.05, 0) is 54.6 Å². The molecule has 0 aliphatic carbocycles. The van der Waals surface area contributed by atoms with Crippen LogP contribution >= 0.6 is 0 Å². The number of anilines is 2. The number of hydrogen-bond acceptors (Lipinski definition) is 6. The molecular weight excluding hydrogens is 402 g/mol. The van der Waals surface area contributed by atoms with Crippen LogP contribution in [-0.2, 0) is 4.74 Å². The maximum Gasteiger partial charge on any atom is 0.337 e. The zero-order valence-corrected chi connectivity index (χ0v) is 16.3. The molecular formula is C22H17N3O6. The first kappa shape index (κ1) is 21.2. The van der Waals surface area contributed by atoms with Gasteiger partial charge in [0, 0.05) is 34.6 Å². The van der Waals surface area contributed by atoms with Crippen LogP contribution in [0.2, 0.25) is 0 Å². The number of ether oxygens (including phenoxy) is 1. The standard InChI is InChI=1S/C22H17N3O6/c1-31-22(28)15-7-11-18(12-8-15)23-20(26)14-5-9-17(10-6-14)24-21(27)16-3-2-4-19(13-16)25(29)30/h2-13H,1H3,(H,23,26)(H,24,27). The summed E-state index contributed by atoms with van der Waals surface area (Å²) in [7, 11) is 1.29. The van der Waals surface area contributed by atoms with E-state index >= 15 is 0 Å². The first-order chi connectivity index (χ1) is 14.9. The van der Waals surface area contributed by atoms with E-state index in [1.165, 1.54) is 55.6 Å². The molecule has 0 spiro atoms. The first-order valence-electron chi connectivity index (χ1n) is 9.03. The van der Waals surface area contributed by atoms with Crippen molar-refractivity contribution in [3.8, 4) is 0 Å². The van der Waals surface area contributed by atoms with Gasteiger partial charge in [-0.2, -0.15) is 0 Å². The lowest BCUT2D eigenvalue weighted by molar-refractivity contribution is -0.384. The molecule has 156 valence electrons. The average molecular weight is 419 g/mol. The molecule has 0 heterocycles. The van der Waals surface area contributed by atoms with E-state index < -0.39 is 16.8 Å². The zero-order valence-electron chi connectivity index (χ0n) is 16.3. The zero-order chi connectivity index (χ0) is 22.4. The van der Waals surface area contributed by atoms with Gasteiger partial charge >= 0.3 is 5.97 Å². The van der Waals surface area contributed by atoms with Crippen LogP contribution in [0.4, 0.5) is 17.1 Å². The number of rotatable bonds is 6. The normalized spacial score (nSPS) is 10.1. The number of nitro groups is 1. The van der Waals surface area contributed by atoms with Crippen LogP contribution < -0.4 is 10.6 Å². The molecule has 9 nitrogen and oxygen atoms in total. The Hall–Kier alpha value is -4.53. The van der Waals surface area contributed by atoms with Gasteiger partial charge in [-0.3, -0.25) is 19.7 Å². The summed E-state index contributed by atoms with van der Waals surface area (Å²) in [6.45, 7) is 0. The van der Waals surface area contributed by atoms with Gasteiger partial charge in [0.05, 0.1) is 17.6 Å². The summed E-state index contributed by atoms with van der Waals surface area (Å²) in [5, 5.41) is 16.2. The number of amides is 2. The number of nitrogens with zero attached hydrogens (tertiary/aromatic N) is 1. The molecule has 0 fully saturated rings. The minimum absolute atomic E-state index is 0.145. The Morgan fingerprint density at radius 3 is 1.81 bits per heavy atom. The first-order valence-corrected chi connectivity index (χ1v) is 9.03. The minimum atomic E-state index is -0.576. The maximum atomic E-state index is 12.4. The topological polar surface area (TPSA) is 128 Å². The van der Waals surface area contributed by atoms with Gasteiger partial charge in [0.15, 0.2) is 0 Å². The van der Waals surface area contributed by atoms with Crippen LogP contribution in [0.5, 0.6) is 0 Å². The molecule has 31 heavy (non-hydrogen) atoms. The van der Waals surface area contributed by atoms with Gasteiger partial charge in [-0.15, -0.1) is 0 Å². The van der Waals surface area contributed by atoms with Crippen molar-refractivity contribution in [2.75, 3.05) is 17.7 Å². The Morgan fingerprint density at radius 2 is 1.29 bits per heavy atom. The van der Waals surface area contributed by atoms with Gasteiger partial charge in [0.2, 0.25) is 0 Å². The highest BCUT2D eigenvalue weighted by Gasteiger charge is 2.13. The summed E-state index contributed by atoms with van der Waals surface area (Å²) in [5.41, 5.74) is 1.61. The molecule has 0 radical (unpaired) electrons. The summed E-state index contributed by atoms with van der Waals surface area (Å²) in [6.07, 6.45) is 0. The fourth-order valence-electron chi connectivity index (χ4n) is 2.68. The van der Waals surface area contributed by atoms with Crippen molar-refractivity contribution < 1.29 is 24.0 Å². The third kappa shape index (κ3) is 5.30. The third-order valence-corrected chi connectivity index (χ3v) is 4.29. The molecule has 3 aromatic rings. The van der Waals surface area contributed by atoms with E-state index in [1.807, 2.05) is 0 Å². The van der Waals surface area contributed by atoms with Crippen LogP contribution in [0, 0.1) is 10.1 Å². The molecule has 0 aromatic heterocycles. The molecule has 0 atom stereocenters. The average Bonchev–Trinajstić information content (AvgIpc) is 2.79. The Labute approximate surface area is 176 Å². The lowest BCUT2D eigenvalue weighted by Gasteiger charge is -2.08. The van der Waals surface area contributed by atoms with Crippen molar-refractivity contribution in [1.82, 2.24) is 0 Å². The maximum absolute atomic E-state index is 12.4. The Kier molecular flexibility index (Phi) is 6.36. The van der Waals surface area contributed by atoms with Crippen LogP contribution in [-0.4, -0.2) is 29.8 Å². The number of methoxy groups -OCH3 is 1. The van der Waals surface area contributed by atoms with E-state index in [4.69, 9.17) is 0 Å². The van der Waals surface area contributed by atoms with Crippen molar-refractivity contribution in [3.05, 3.63) is 99.6 Å². The summed E-state index contributed by atoms with van der Waals surface area (Å²) in [5.74, 6) is -1.35. The summed E-state index contributed by atoms with van der Waals surface area (Å²) in [4.78, 5) is 46.4. The molecule has 0 aliphatic heterocycles. The van der Waals surface area contributed by atoms with Gasteiger partial charge in [0.25, 0.3) is 17.5 Å². The largest absolute Gasteiger partial charge is 0.465 e. The molecule has 0 unspecified atom stereocenters. The summed E-state index contributed by atoms with van der Waals surface area (Å²) >= 11 is 0. The fourth-order valence-corrected chi connectivity index (χ4v) is 2.68. The molecule has 2 N–H and O–H groups in total. The van der Waals surface area contributed by atoms with Crippen molar-refractivity contribution in [3.63, 3.8) is 0 Å². The predicted molar refractivity (Wildman–Crippen MR) is 113 cm³/mol. The SMILES string of the molecule is COC(=O)c1ccc(NC(=O)c2ccc(NC(=O)c3cccc([N+](=O)[O-])c3)cc2)cc1. The summed E-state index contributed by atoms with van der Waals surface area (Å²) < 4.78 is 4.62. The number of hydrogen-bond donors (Lipinski definition) is 2. The summed E-state index contributed by atoms with van der Waals surface area (Å²) in [6, 6.07) is 17.8. The number of esters is 1. The Bertz CT molecular complexity index is 1140. The van der Waals surface area contributed by atoms with E-state index in [0.29, 0.717) is 22.5 Å². The number of nitro benzene ring substituents is 1. The number of carbonyl (C=O) groups excluding carboxylic acids is 3. The Balaban J connectivity index is 1.63. The fraction of sp³-hybridized carbons (Fsp3) is 0.0455. The molecule has 0 saturated heterocycles. The van der Waals surface area contributed by atoms with Crippen LogP contribution in [0.3, 0.4) is 0 Å². The van der Waals surface area contributed by atoms with E-state index in [0.717, 1.165) is 0 Å². The lowest BCUT2D eigenvalue weighted by atomic mass is 10.1. The molecule has 2 amide bonds. The van der Waals surface area contributed by atoms with Crippen molar-refractivity contribution in [2.24, 2.45) is 0 Å². The lowest BCUT2D eigenvalue weighted by Crippen LogP contribution is -2.14. The smallest absolute Gasteiger partial charge is 0.337 e. The van der Waals surface area contributed by atoms with Crippen LogP contribution in [0.25, 0.3) is 0 Å². The minimum Gasteiger partial charge on any atom is -0.465 e. The second-order valence-electron chi connectivity index (χ2n) is 6.36. The number of non-ortho nitro benzene ring substituents is 1. The van der Waals surface area contributed by atoms with E-state index in [-0.39, 0.29) is 17.2 Å². The van der Waals surface area contributed by atoms with Crippen molar-refractivity contribution in [1.29, 1.82) is 0 Å². The number of nitrogens with one attached hydrogen (secondary N) is 2. The van der Waals surface area contributed by atoms with Gasteiger partial charge in [-0.1, -0.05) is 6.07 Å². The highest BCUT2D eigenvalue weighted by Crippen LogP contribution is 2.17. The van der Waals surface area contributed by atoms with Gasteiger partial charge in [-0.25, -0.2) is 4.79 Å². The second-order valence-corrected chi connectivity index (χ2v) is 6.36. The molecule has 0 aliphatic rings. The monoisotopic (exact) mass is 419 g/mol. The third-order valence-electron chi connectivity index (χ3n) is 4.29. The molecule has 3 rings (SSSR count). The highest BCUT2D eigenvalue weighted by atomic mass is 16.6. The molecule has 0 saturated carbocycles. The highest BCUT2D eigenvalue weighted by molar-refractivity contribution is 6.06. The predicted octanol–water partition coefficient (Wildman–Crippen LogP) is 3.89. The van der Waals surface area contributed by atoms with Crippen molar-refractivity contribution >= 4 is 34.8 Å². The van der Waals surface area contributed by atoms with Gasteiger partial charge < -0.3 is 15.4 Å². The van der Waals surface area contributed by atoms with E-state index in [9.17, 15) is 24.5 Å². The van der Waals surface area contributed by atoms with Crippen molar-refractivity contribution in [2.45, 2.75) is 0 Å². The van der Waals surface area contributed by atoms with Crippen LogP contribution in [0.1, 0.15) is 31.1 Å². The molecule has 9 heteroatoms. The second kappa shape index (κ2) is 9.31. The van der Waals surface area contributed by atoms with E-state index in [1.54, 1.807) is 24.3 Å². The molecule has 0 bridgehead atoms. The Morgan fingerprint density at radius 1 is 0.774 bits per heavy atom. The van der Waals surface area contributed by atoms with Gasteiger partial charge in [0.1, 0.15) is 0 Å². The van der Waals surface area contributed by atoms with Crippen LogP contribution in [0.15, 0.2) is 72.8 Å².